The highest BCUT2D eigenvalue weighted by Crippen LogP contribution is 2.40. The number of carbonyl (C=O) groups is 2. The van der Waals surface area contributed by atoms with Crippen molar-refractivity contribution in [3.63, 3.8) is 0 Å². The first kappa shape index (κ1) is 14.5. The number of benzene rings is 1. The van der Waals surface area contributed by atoms with Gasteiger partial charge in [-0.3, -0.25) is 4.79 Å². The Morgan fingerprint density at radius 3 is 2.21 bits per heavy atom. The van der Waals surface area contributed by atoms with E-state index < -0.39 is 11.5 Å². The number of hydrogen-bond acceptors (Lipinski definition) is 2. The maximum atomic E-state index is 12.2. The highest BCUT2D eigenvalue weighted by molar-refractivity contribution is 9.11. The SMILES string of the molecule is CC(NC(=O)c1cc(Br)cc(Br)c1)(C(=O)O)C1CC1. The average molecular weight is 391 g/mol. The summed E-state index contributed by atoms with van der Waals surface area (Å²) in [4.78, 5) is 23.6. The molecule has 1 aliphatic carbocycles. The molecule has 1 aliphatic rings. The van der Waals surface area contributed by atoms with Crippen molar-refractivity contribution in [1.82, 2.24) is 5.32 Å². The normalized spacial score (nSPS) is 17.6. The van der Waals surface area contributed by atoms with E-state index in [-0.39, 0.29) is 11.8 Å². The summed E-state index contributed by atoms with van der Waals surface area (Å²) >= 11 is 6.61. The fourth-order valence-electron chi connectivity index (χ4n) is 1.98. The first-order valence-electron chi connectivity index (χ1n) is 5.85. The van der Waals surface area contributed by atoms with Crippen molar-refractivity contribution in [2.24, 2.45) is 5.92 Å². The molecule has 1 unspecified atom stereocenters. The van der Waals surface area contributed by atoms with Gasteiger partial charge in [-0.15, -0.1) is 0 Å². The van der Waals surface area contributed by atoms with Crippen molar-refractivity contribution in [1.29, 1.82) is 0 Å². The molecule has 19 heavy (non-hydrogen) atoms. The van der Waals surface area contributed by atoms with E-state index in [1.807, 2.05) is 6.07 Å². The number of aliphatic carboxylic acids is 1. The first-order valence-corrected chi connectivity index (χ1v) is 7.43. The Morgan fingerprint density at radius 1 is 1.26 bits per heavy atom. The molecule has 6 heteroatoms. The standard InChI is InChI=1S/C13H13Br2NO3/c1-13(12(18)19,8-2-3-8)16-11(17)7-4-9(14)6-10(15)5-7/h4-6,8H,2-3H2,1H3,(H,16,17)(H,18,19). The maximum Gasteiger partial charge on any atom is 0.329 e. The predicted octanol–water partition coefficient (Wildman–Crippen LogP) is 3.19. The van der Waals surface area contributed by atoms with Crippen LogP contribution >= 0.6 is 31.9 Å². The Morgan fingerprint density at radius 2 is 1.79 bits per heavy atom. The minimum absolute atomic E-state index is 0.0181. The van der Waals surface area contributed by atoms with Crippen LogP contribution in [0.3, 0.4) is 0 Å². The van der Waals surface area contributed by atoms with E-state index in [0.29, 0.717) is 5.56 Å². The molecule has 4 nitrogen and oxygen atoms in total. The van der Waals surface area contributed by atoms with Crippen molar-refractivity contribution < 1.29 is 14.7 Å². The third-order valence-corrected chi connectivity index (χ3v) is 4.25. The quantitative estimate of drug-likeness (QED) is 0.829. The van der Waals surface area contributed by atoms with E-state index in [9.17, 15) is 14.7 Å². The van der Waals surface area contributed by atoms with Gasteiger partial charge in [-0.25, -0.2) is 4.79 Å². The third-order valence-electron chi connectivity index (χ3n) is 3.34. The number of nitrogens with one attached hydrogen (secondary N) is 1. The van der Waals surface area contributed by atoms with Gasteiger partial charge in [0.05, 0.1) is 0 Å². The molecule has 0 aromatic heterocycles. The minimum atomic E-state index is -1.19. The molecule has 1 fully saturated rings. The molecule has 1 atom stereocenters. The van der Waals surface area contributed by atoms with Crippen LogP contribution in [0.2, 0.25) is 0 Å². The van der Waals surface area contributed by atoms with Crippen molar-refractivity contribution in [3.05, 3.63) is 32.7 Å². The van der Waals surface area contributed by atoms with E-state index >= 15 is 0 Å². The molecule has 1 aromatic carbocycles. The van der Waals surface area contributed by atoms with E-state index in [1.54, 1.807) is 19.1 Å². The minimum Gasteiger partial charge on any atom is -0.480 e. The predicted molar refractivity (Wildman–Crippen MR) is 78.1 cm³/mol. The largest absolute Gasteiger partial charge is 0.480 e. The van der Waals surface area contributed by atoms with Crippen LogP contribution in [0.4, 0.5) is 0 Å². The number of carbonyl (C=O) groups excluding carboxylic acids is 1. The molecule has 0 radical (unpaired) electrons. The molecule has 1 saturated carbocycles. The van der Waals surface area contributed by atoms with Gasteiger partial charge < -0.3 is 10.4 Å². The van der Waals surface area contributed by atoms with Gasteiger partial charge in [-0.2, -0.15) is 0 Å². The lowest BCUT2D eigenvalue weighted by molar-refractivity contribution is -0.144. The second-order valence-corrected chi connectivity index (χ2v) is 6.73. The van der Waals surface area contributed by atoms with Crippen LogP contribution < -0.4 is 5.32 Å². The summed E-state index contributed by atoms with van der Waals surface area (Å²) in [7, 11) is 0. The summed E-state index contributed by atoms with van der Waals surface area (Å²) in [5.41, 5.74) is -0.763. The summed E-state index contributed by atoms with van der Waals surface area (Å²) in [6.45, 7) is 1.57. The highest BCUT2D eigenvalue weighted by Gasteiger charge is 2.48. The lowest BCUT2D eigenvalue weighted by Crippen LogP contribution is -2.54. The lowest BCUT2D eigenvalue weighted by Gasteiger charge is -2.26. The second-order valence-electron chi connectivity index (χ2n) is 4.89. The average Bonchev–Trinajstić information content (AvgIpc) is 3.10. The summed E-state index contributed by atoms with van der Waals surface area (Å²) in [6.07, 6.45) is 1.68. The molecular formula is C13H13Br2NO3. The Bertz CT molecular complexity index is 522. The smallest absolute Gasteiger partial charge is 0.329 e. The van der Waals surface area contributed by atoms with Crippen LogP contribution in [-0.2, 0) is 4.79 Å². The van der Waals surface area contributed by atoms with Gasteiger partial charge in [0, 0.05) is 14.5 Å². The molecule has 1 amide bonds. The van der Waals surface area contributed by atoms with Crippen molar-refractivity contribution >= 4 is 43.7 Å². The highest BCUT2D eigenvalue weighted by atomic mass is 79.9. The molecule has 1 aromatic rings. The number of carboxylic acid groups (broad SMARTS) is 1. The molecule has 0 bridgehead atoms. The van der Waals surface area contributed by atoms with Gasteiger partial charge in [0.25, 0.3) is 5.91 Å². The summed E-state index contributed by atoms with van der Waals surface area (Å²) in [5.74, 6) is -1.35. The molecular weight excluding hydrogens is 378 g/mol. The molecule has 0 spiro atoms. The molecule has 0 heterocycles. The summed E-state index contributed by atoms with van der Waals surface area (Å²) < 4.78 is 1.52. The van der Waals surface area contributed by atoms with Crippen molar-refractivity contribution in [2.45, 2.75) is 25.3 Å². The number of hydrogen-bond donors (Lipinski definition) is 2. The number of halogens is 2. The van der Waals surface area contributed by atoms with Crippen LogP contribution in [-0.4, -0.2) is 22.5 Å². The topological polar surface area (TPSA) is 66.4 Å². The Kier molecular flexibility index (Phi) is 4.01. The van der Waals surface area contributed by atoms with Gasteiger partial charge >= 0.3 is 5.97 Å². The maximum absolute atomic E-state index is 12.2. The molecule has 102 valence electrons. The van der Waals surface area contributed by atoms with E-state index in [0.717, 1.165) is 21.8 Å². The van der Waals surface area contributed by atoms with Crippen molar-refractivity contribution in [2.75, 3.05) is 0 Å². The van der Waals surface area contributed by atoms with Crippen LogP contribution in [0.25, 0.3) is 0 Å². The molecule has 0 aliphatic heterocycles. The fraction of sp³-hybridized carbons (Fsp3) is 0.385. The molecule has 2 rings (SSSR count). The summed E-state index contributed by atoms with van der Waals surface area (Å²) in [6, 6.07) is 5.14. The van der Waals surface area contributed by atoms with Gasteiger partial charge in [0.2, 0.25) is 0 Å². The Balaban J connectivity index is 2.22. The first-order chi connectivity index (χ1) is 8.83. The molecule has 0 saturated heterocycles. The van der Waals surface area contributed by atoms with E-state index in [4.69, 9.17) is 0 Å². The van der Waals surface area contributed by atoms with Gasteiger partial charge in [-0.05, 0) is 43.9 Å². The van der Waals surface area contributed by atoms with Crippen LogP contribution in [0, 0.1) is 5.92 Å². The van der Waals surface area contributed by atoms with Gasteiger partial charge in [0.1, 0.15) is 5.54 Å². The summed E-state index contributed by atoms with van der Waals surface area (Å²) in [5, 5.41) is 12.0. The fourth-order valence-corrected chi connectivity index (χ4v) is 3.28. The van der Waals surface area contributed by atoms with Gasteiger partial charge in [0.15, 0.2) is 0 Å². The van der Waals surface area contributed by atoms with E-state index in [1.165, 1.54) is 0 Å². The van der Waals surface area contributed by atoms with Gasteiger partial charge in [-0.1, -0.05) is 31.9 Å². The zero-order valence-corrected chi connectivity index (χ0v) is 13.4. The zero-order chi connectivity index (χ0) is 14.2. The number of rotatable bonds is 4. The monoisotopic (exact) mass is 389 g/mol. The lowest BCUT2D eigenvalue weighted by atomic mass is 9.95. The van der Waals surface area contributed by atoms with E-state index in [2.05, 4.69) is 37.2 Å². The Labute approximate surface area is 127 Å². The number of carboxylic acids is 1. The van der Waals surface area contributed by atoms with Crippen LogP contribution in [0.1, 0.15) is 30.1 Å². The molecule has 2 N–H and O–H groups in total. The van der Waals surface area contributed by atoms with Crippen molar-refractivity contribution in [3.8, 4) is 0 Å². The third kappa shape index (κ3) is 3.17. The van der Waals surface area contributed by atoms with Crippen LogP contribution in [0.5, 0.6) is 0 Å². The Hall–Kier alpha value is -0.880. The van der Waals surface area contributed by atoms with Crippen LogP contribution in [0.15, 0.2) is 27.1 Å². The zero-order valence-electron chi connectivity index (χ0n) is 10.2. The number of amides is 1. The second kappa shape index (κ2) is 5.25.